The van der Waals surface area contributed by atoms with Gasteiger partial charge in [0.15, 0.2) is 0 Å². The molecule has 0 saturated heterocycles. The Morgan fingerprint density at radius 3 is 2.41 bits per heavy atom. The number of ether oxygens (including phenoxy) is 1. The number of urea groups is 1. The van der Waals surface area contributed by atoms with Crippen molar-refractivity contribution in [2.75, 3.05) is 16.8 Å². The molecular formula is C25H21Cl2FN6O4S. The zero-order valence-electron chi connectivity index (χ0n) is 20.0. The maximum Gasteiger partial charge on any atom is 0.332 e. The lowest BCUT2D eigenvalue weighted by molar-refractivity contribution is 0.251. The molecule has 3 aromatic carbocycles. The van der Waals surface area contributed by atoms with Gasteiger partial charge in [-0.15, -0.1) is 3.89 Å². The van der Waals surface area contributed by atoms with E-state index in [0.717, 1.165) is 17.7 Å². The predicted octanol–water partition coefficient (Wildman–Crippen LogP) is 5.17. The Balaban J connectivity index is 1.41. The molecule has 14 heteroatoms. The number of nitrogen functional groups attached to an aromatic ring is 2. The molecule has 0 spiro atoms. The Bertz CT molecular complexity index is 1640. The topological polar surface area (TPSA) is 162 Å². The second-order valence-corrected chi connectivity index (χ2v) is 10.3. The molecule has 0 unspecified atom stereocenters. The number of rotatable bonds is 8. The first kappa shape index (κ1) is 27.9. The number of halogens is 3. The molecule has 1 aromatic heterocycles. The number of amides is 2. The van der Waals surface area contributed by atoms with E-state index in [1.807, 2.05) is 0 Å². The zero-order chi connectivity index (χ0) is 28.2. The molecule has 0 aliphatic heterocycles. The highest BCUT2D eigenvalue weighted by Gasteiger charge is 2.16. The van der Waals surface area contributed by atoms with E-state index in [9.17, 15) is 17.1 Å². The van der Waals surface area contributed by atoms with E-state index in [2.05, 4.69) is 20.6 Å². The van der Waals surface area contributed by atoms with Gasteiger partial charge >= 0.3 is 16.3 Å². The van der Waals surface area contributed by atoms with Crippen LogP contribution >= 0.6 is 23.2 Å². The van der Waals surface area contributed by atoms with Gasteiger partial charge in [0.2, 0.25) is 5.95 Å². The van der Waals surface area contributed by atoms with Crippen molar-refractivity contribution in [2.45, 2.75) is 18.0 Å². The van der Waals surface area contributed by atoms with Crippen molar-refractivity contribution in [3.8, 4) is 16.9 Å². The molecule has 4 aromatic rings. The monoisotopic (exact) mass is 590 g/mol. The summed E-state index contributed by atoms with van der Waals surface area (Å²) in [5.74, 6) is 0.637. The summed E-state index contributed by atoms with van der Waals surface area (Å²) < 4.78 is 40.8. The van der Waals surface area contributed by atoms with Crippen molar-refractivity contribution in [2.24, 2.45) is 0 Å². The third-order valence-corrected chi connectivity index (χ3v) is 6.93. The highest BCUT2D eigenvalue weighted by atomic mass is 35.5. The van der Waals surface area contributed by atoms with Crippen LogP contribution in [0.3, 0.4) is 0 Å². The van der Waals surface area contributed by atoms with Gasteiger partial charge in [-0.1, -0.05) is 41.4 Å². The number of nitrogens with zero attached hydrogens (tertiary/aromatic N) is 2. The van der Waals surface area contributed by atoms with Gasteiger partial charge in [0, 0.05) is 17.8 Å². The first-order valence-electron chi connectivity index (χ1n) is 11.2. The fraction of sp³-hybridized carbons (Fsp3) is 0.0800. The summed E-state index contributed by atoms with van der Waals surface area (Å²) in [6.07, 6.45) is 0. The molecule has 0 radical (unpaired) electrons. The number of anilines is 3. The maximum atomic E-state index is 13.0. The SMILES string of the molecule is Nc1nc(N)c(-c2ccc(Cl)c(Cl)c2)c(COc2cccc(CNC(=O)Nc3ccc(S(=O)(=O)F)cc3)c2)n1. The number of carbonyl (C=O) groups excluding carboxylic acids is 1. The van der Waals surface area contributed by atoms with E-state index < -0.39 is 21.1 Å². The van der Waals surface area contributed by atoms with Gasteiger partial charge < -0.3 is 26.8 Å². The van der Waals surface area contributed by atoms with Crippen molar-refractivity contribution in [3.05, 3.63) is 88.0 Å². The molecule has 0 aliphatic carbocycles. The Kier molecular flexibility index (Phi) is 8.38. The number of carbonyl (C=O) groups is 1. The van der Waals surface area contributed by atoms with Gasteiger partial charge in [-0.05, 0) is 59.7 Å². The van der Waals surface area contributed by atoms with Crippen LogP contribution < -0.4 is 26.8 Å². The van der Waals surface area contributed by atoms with Crippen molar-refractivity contribution in [1.29, 1.82) is 0 Å². The summed E-state index contributed by atoms with van der Waals surface area (Å²) >= 11 is 12.2. The molecule has 0 fully saturated rings. The Hall–Kier alpha value is -4.13. The van der Waals surface area contributed by atoms with Gasteiger partial charge in [-0.25, -0.2) is 9.78 Å². The van der Waals surface area contributed by atoms with E-state index in [1.165, 1.54) is 12.1 Å². The van der Waals surface area contributed by atoms with Crippen LogP contribution in [0.1, 0.15) is 11.3 Å². The lowest BCUT2D eigenvalue weighted by Crippen LogP contribution is -2.28. The van der Waals surface area contributed by atoms with E-state index in [4.69, 9.17) is 39.4 Å². The zero-order valence-corrected chi connectivity index (χ0v) is 22.3. The van der Waals surface area contributed by atoms with Crippen LogP contribution in [0.5, 0.6) is 5.75 Å². The minimum Gasteiger partial charge on any atom is -0.487 e. The molecule has 2 amide bonds. The number of benzene rings is 3. The van der Waals surface area contributed by atoms with Gasteiger partial charge in [-0.3, -0.25) is 0 Å². The lowest BCUT2D eigenvalue weighted by Gasteiger charge is -2.14. The van der Waals surface area contributed by atoms with Gasteiger partial charge in [0.1, 0.15) is 18.2 Å². The summed E-state index contributed by atoms with van der Waals surface area (Å²) in [4.78, 5) is 20.1. The summed E-state index contributed by atoms with van der Waals surface area (Å²) in [6, 6.07) is 16.1. The number of nitrogens with two attached hydrogens (primary N) is 2. The fourth-order valence-electron chi connectivity index (χ4n) is 3.57. The van der Waals surface area contributed by atoms with Crippen molar-refractivity contribution in [1.82, 2.24) is 15.3 Å². The third-order valence-electron chi connectivity index (χ3n) is 5.36. The first-order valence-corrected chi connectivity index (χ1v) is 13.3. The molecule has 0 saturated carbocycles. The largest absolute Gasteiger partial charge is 0.487 e. The molecule has 1 heterocycles. The third kappa shape index (κ3) is 7.25. The summed E-state index contributed by atoms with van der Waals surface area (Å²) in [5.41, 5.74) is 14.6. The van der Waals surface area contributed by atoms with E-state index in [-0.39, 0.29) is 30.6 Å². The molecule has 0 bridgehead atoms. The van der Waals surface area contributed by atoms with Crippen LogP contribution in [-0.4, -0.2) is 24.4 Å². The quantitative estimate of drug-likeness (QED) is 0.204. The predicted molar refractivity (Wildman–Crippen MR) is 148 cm³/mol. The normalized spacial score (nSPS) is 11.2. The van der Waals surface area contributed by atoms with Crippen LogP contribution in [0.25, 0.3) is 11.1 Å². The minimum atomic E-state index is -4.82. The molecule has 10 nitrogen and oxygen atoms in total. The average Bonchev–Trinajstić information content (AvgIpc) is 2.88. The Labute approximate surface area is 233 Å². The van der Waals surface area contributed by atoms with E-state index in [1.54, 1.807) is 42.5 Å². The van der Waals surface area contributed by atoms with E-state index in [0.29, 0.717) is 32.6 Å². The van der Waals surface area contributed by atoms with Gasteiger partial charge in [-0.2, -0.15) is 13.4 Å². The van der Waals surface area contributed by atoms with Crippen LogP contribution in [-0.2, 0) is 23.4 Å². The molecular weight excluding hydrogens is 570 g/mol. The van der Waals surface area contributed by atoms with E-state index >= 15 is 0 Å². The van der Waals surface area contributed by atoms with Crippen molar-refractivity contribution < 1.29 is 21.8 Å². The lowest BCUT2D eigenvalue weighted by atomic mass is 10.0. The number of aromatic nitrogens is 2. The molecule has 6 N–H and O–H groups in total. The molecule has 0 atom stereocenters. The highest BCUT2D eigenvalue weighted by Crippen LogP contribution is 2.33. The van der Waals surface area contributed by atoms with Gasteiger partial charge in [0.05, 0.1) is 20.6 Å². The maximum absolute atomic E-state index is 13.0. The van der Waals surface area contributed by atoms with Crippen molar-refractivity contribution in [3.63, 3.8) is 0 Å². The smallest absolute Gasteiger partial charge is 0.332 e. The summed E-state index contributed by atoms with van der Waals surface area (Å²) in [5, 5.41) is 5.94. The number of hydrogen-bond donors (Lipinski definition) is 4. The second kappa shape index (κ2) is 11.7. The van der Waals surface area contributed by atoms with Crippen LogP contribution in [0.15, 0.2) is 71.6 Å². The molecule has 39 heavy (non-hydrogen) atoms. The minimum absolute atomic E-state index is 0.00840. The first-order chi connectivity index (χ1) is 18.5. The highest BCUT2D eigenvalue weighted by molar-refractivity contribution is 7.86. The standard InChI is InChI=1S/C25H21Cl2FN6O4S/c26-19-9-4-15(11-20(19)27)22-21(33-24(30)34-23(22)29)13-38-17-3-1-2-14(10-17)12-31-25(35)32-16-5-7-18(8-6-16)39(28,36)37/h1-11H,12-13H2,(H2,31,32,35)(H4,29,30,33,34). The van der Waals surface area contributed by atoms with Crippen LogP contribution in [0.2, 0.25) is 10.0 Å². The summed E-state index contributed by atoms with van der Waals surface area (Å²) in [6.45, 7) is 0.163. The van der Waals surface area contributed by atoms with Crippen LogP contribution in [0, 0.1) is 0 Å². The molecule has 0 aliphatic rings. The molecule has 4 rings (SSSR count). The average molecular weight is 591 g/mol. The number of hydrogen-bond acceptors (Lipinski definition) is 8. The Morgan fingerprint density at radius 2 is 1.72 bits per heavy atom. The van der Waals surface area contributed by atoms with Gasteiger partial charge in [0.25, 0.3) is 0 Å². The van der Waals surface area contributed by atoms with Crippen LogP contribution in [0.4, 0.5) is 26.1 Å². The van der Waals surface area contributed by atoms with Crippen molar-refractivity contribution >= 4 is 56.9 Å². The second-order valence-electron chi connectivity index (χ2n) is 8.12. The fourth-order valence-corrected chi connectivity index (χ4v) is 4.33. The number of nitrogens with one attached hydrogen (secondary N) is 2. The summed E-state index contributed by atoms with van der Waals surface area (Å²) in [7, 11) is -4.82. The Morgan fingerprint density at radius 1 is 0.974 bits per heavy atom. The molecule has 202 valence electrons.